The van der Waals surface area contributed by atoms with Crippen LogP contribution in [0.5, 0.6) is 6.01 Å². The van der Waals surface area contributed by atoms with Crippen LogP contribution in [0.4, 0.5) is 11.5 Å². The lowest BCUT2D eigenvalue weighted by Gasteiger charge is -2.37. The van der Waals surface area contributed by atoms with Crippen LogP contribution in [0.2, 0.25) is 0 Å². The van der Waals surface area contributed by atoms with E-state index in [2.05, 4.69) is 84.4 Å². The number of fused-ring (bicyclic) bond motifs is 2. The number of rotatable bonds is 9. The largest absolute Gasteiger partial charge is 0.463 e. The molecule has 1 atom stereocenters. The Hall–Kier alpha value is -3.65. The molecule has 7 rings (SSSR count). The van der Waals surface area contributed by atoms with E-state index in [1.807, 2.05) is 11.7 Å². The van der Waals surface area contributed by atoms with Gasteiger partial charge in [0.25, 0.3) is 0 Å². The van der Waals surface area contributed by atoms with Crippen LogP contribution in [-0.2, 0) is 26.4 Å². The van der Waals surface area contributed by atoms with E-state index in [9.17, 15) is 0 Å². The van der Waals surface area contributed by atoms with Crippen molar-refractivity contribution in [2.75, 3.05) is 56.7 Å². The predicted molar refractivity (Wildman–Crippen MR) is 173 cm³/mol. The maximum Gasteiger partial charge on any atom is 0.318 e. The number of aryl methyl sites for hydroxylation is 2. The Kier molecular flexibility index (Phi) is 7.49. The third-order valence-electron chi connectivity index (χ3n) is 9.70. The number of piperidine rings is 1. The van der Waals surface area contributed by atoms with E-state index in [1.165, 1.54) is 46.1 Å². The summed E-state index contributed by atoms with van der Waals surface area (Å²) >= 11 is 0. The van der Waals surface area contributed by atoms with Crippen LogP contribution < -0.4 is 14.5 Å². The first kappa shape index (κ1) is 28.1. The van der Waals surface area contributed by atoms with Gasteiger partial charge >= 0.3 is 6.01 Å². The summed E-state index contributed by atoms with van der Waals surface area (Å²) in [5, 5.41) is 7.43. The van der Waals surface area contributed by atoms with Gasteiger partial charge in [0.1, 0.15) is 5.82 Å². The van der Waals surface area contributed by atoms with Crippen LogP contribution in [-0.4, -0.2) is 71.5 Å². The van der Waals surface area contributed by atoms with Crippen LogP contribution in [0.15, 0.2) is 48.7 Å². The summed E-state index contributed by atoms with van der Waals surface area (Å²) in [7, 11) is 6.30. The lowest BCUT2D eigenvalue weighted by Crippen LogP contribution is -2.38. The van der Waals surface area contributed by atoms with E-state index >= 15 is 0 Å². The van der Waals surface area contributed by atoms with Gasteiger partial charge in [-0.2, -0.15) is 15.1 Å². The highest BCUT2D eigenvalue weighted by atomic mass is 16.5. The summed E-state index contributed by atoms with van der Waals surface area (Å²) in [6.45, 7) is 7.61. The molecule has 0 radical (unpaired) electrons. The molecule has 3 aliphatic rings. The lowest BCUT2D eigenvalue weighted by molar-refractivity contribution is 0.182. The number of ether oxygens (including phenoxy) is 1. The fraction of sp³-hybridized carbons (Fsp3) is 0.514. The summed E-state index contributed by atoms with van der Waals surface area (Å²) in [4.78, 5) is 17.6. The highest BCUT2D eigenvalue weighted by Gasteiger charge is 2.44. The van der Waals surface area contributed by atoms with Crippen LogP contribution in [0.3, 0.4) is 0 Å². The standard InChI is InChI=1S/C35H45N7O/c1-5-25-9-6-10-26-11-7-13-31(32(25)26)41-20-14-28-30(22-41)36-34(43-24-35(16-17-35)23-39(2)3)37-33(28)42-18-8-12-27(21-42)29-15-19-40(4)38-29/h6-7,9-11,13,15,19,27H,5,8,12,14,16-18,20-24H2,1-4H3. The number of hydrogen-bond acceptors (Lipinski definition) is 7. The SMILES string of the molecule is CCc1cccc2cccc(N3CCc4c(nc(OCC5(CN(C)C)CC5)nc4N4CCCC(c5ccn(C)n5)C4)C3)c12. The Balaban J connectivity index is 1.22. The van der Waals surface area contributed by atoms with Crippen LogP contribution in [0, 0.1) is 5.41 Å². The molecule has 4 aromatic rings. The van der Waals surface area contributed by atoms with Gasteiger partial charge in [-0.05, 0) is 75.7 Å². The van der Waals surface area contributed by atoms with Crippen molar-refractivity contribution in [3.8, 4) is 6.01 Å². The van der Waals surface area contributed by atoms with Gasteiger partial charge in [-0.15, -0.1) is 0 Å². The first-order valence-electron chi connectivity index (χ1n) is 16.1. The van der Waals surface area contributed by atoms with Gasteiger partial charge in [-0.25, -0.2) is 0 Å². The molecule has 1 saturated heterocycles. The molecule has 0 N–H and O–H groups in total. The van der Waals surface area contributed by atoms with Crippen molar-refractivity contribution in [2.24, 2.45) is 12.5 Å². The molecular weight excluding hydrogens is 534 g/mol. The van der Waals surface area contributed by atoms with Crippen LogP contribution >= 0.6 is 0 Å². The van der Waals surface area contributed by atoms with E-state index in [-0.39, 0.29) is 5.41 Å². The van der Waals surface area contributed by atoms with Gasteiger partial charge in [0.05, 0.1) is 24.5 Å². The Labute approximate surface area is 255 Å². The topological polar surface area (TPSA) is 62.6 Å². The minimum atomic E-state index is 0.226. The Morgan fingerprint density at radius 1 is 1.02 bits per heavy atom. The van der Waals surface area contributed by atoms with Crippen molar-refractivity contribution in [3.05, 3.63) is 71.2 Å². The van der Waals surface area contributed by atoms with E-state index in [0.717, 1.165) is 69.9 Å². The van der Waals surface area contributed by atoms with E-state index in [1.54, 1.807) is 0 Å². The lowest BCUT2D eigenvalue weighted by atomic mass is 9.94. The third-order valence-corrected chi connectivity index (χ3v) is 9.70. The van der Waals surface area contributed by atoms with Crippen molar-refractivity contribution in [1.29, 1.82) is 0 Å². The molecule has 1 unspecified atom stereocenters. The molecule has 2 aromatic heterocycles. The van der Waals surface area contributed by atoms with Gasteiger partial charge in [0, 0.05) is 67.4 Å². The van der Waals surface area contributed by atoms with Crippen molar-refractivity contribution < 1.29 is 4.74 Å². The molecule has 2 aliphatic heterocycles. The first-order valence-corrected chi connectivity index (χ1v) is 16.1. The zero-order chi connectivity index (χ0) is 29.6. The minimum Gasteiger partial charge on any atom is -0.463 e. The summed E-state index contributed by atoms with van der Waals surface area (Å²) < 4.78 is 8.40. The normalized spacial score (nSPS) is 19.6. The maximum atomic E-state index is 6.48. The zero-order valence-electron chi connectivity index (χ0n) is 26.2. The molecular formula is C35H45N7O. The van der Waals surface area contributed by atoms with Crippen LogP contribution in [0.1, 0.15) is 61.0 Å². The molecule has 226 valence electrons. The van der Waals surface area contributed by atoms with Crippen molar-refractivity contribution in [1.82, 2.24) is 24.6 Å². The molecule has 1 saturated carbocycles. The molecule has 0 amide bonds. The second-order valence-corrected chi connectivity index (χ2v) is 13.3. The Morgan fingerprint density at radius 3 is 2.60 bits per heavy atom. The maximum absolute atomic E-state index is 6.48. The monoisotopic (exact) mass is 579 g/mol. The average Bonchev–Trinajstić information content (AvgIpc) is 3.64. The molecule has 1 aliphatic carbocycles. The summed E-state index contributed by atoms with van der Waals surface area (Å²) in [6, 6.07) is 16.1. The predicted octanol–water partition coefficient (Wildman–Crippen LogP) is 5.59. The van der Waals surface area contributed by atoms with E-state index in [4.69, 9.17) is 19.8 Å². The van der Waals surface area contributed by atoms with Crippen molar-refractivity contribution in [2.45, 2.75) is 57.9 Å². The first-order chi connectivity index (χ1) is 20.9. The van der Waals surface area contributed by atoms with E-state index in [0.29, 0.717) is 18.5 Å². The quantitative estimate of drug-likeness (QED) is 0.256. The number of nitrogens with zero attached hydrogens (tertiary/aromatic N) is 7. The fourth-order valence-corrected chi connectivity index (χ4v) is 7.35. The number of hydrogen-bond donors (Lipinski definition) is 0. The van der Waals surface area contributed by atoms with Crippen molar-refractivity contribution in [3.63, 3.8) is 0 Å². The summed E-state index contributed by atoms with van der Waals surface area (Å²) in [5.41, 5.74) is 6.50. The molecule has 8 heteroatoms. The Bertz CT molecular complexity index is 1600. The minimum absolute atomic E-state index is 0.226. The van der Waals surface area contributed by atoms with E-state index < -0.39 is 0 Å². The van der Waals surface area contributed by atoms with Crippen LogP contribution in [0.25, 0.3) is 10.8 Å². The fourth-order valence-electron chi connectivity index (χ4n) is 7.35. The third kappa shape index (κ3) is 5.69. The molecule has 2 aromatic carbocycles. The number of benzene rings is 2. The van der Waals surface area contributed by atoms with Gasteiger partial charge in [-0.1, -0.05) is 37.3 Å². The van der Waals surface area contributed by atoms with Gasteiger partial charge < -0.3 is 19.4 Å². The highest BCUT2D eigenvalue weighted by Crippen LogP contribution is 2.46. The zero-order valence-corrected chi connectivity index (χ0v) is 26.2. The second kappa shape index (κ2) is 11.5. The molecule has 43 heavy (non-hydrogen) atoms. The van der Waals surface area contributed by atoms with Crippen molar-refractivity contribution >= 4 is 22.3 Å². The molecule has 0 bridgehead atoms. The Morgan fingerprint density at radius 2 is 1.86 bits per heavy atom. The molecule has 4 heterocycles. The van der Waals surface area contributed by atoms with Gasteiger partial charge in [-0.3, -0.25) is 4.68 Å². The molecule has 0 spiro atoms. The summed E-state index contributed by atoms with van der Waals surface area (Å²) in [6.07, 6.45) is 8.69. The number of anilines is 2. The summed E-state index contributed by atoms with van der Waals surface area (Å²) in [5.74, 6) is 1.48. The van der Waals surface area contributed by atoms with Gasteiger partial charge in [0.15, 0.2) is 0 Å². The smallest absolute Gasteiger partial charge is 0.318 e. The van der Waals surface area contributed by atoms with Gasteiger partial charge in [0.2, 0.25) is 0 Å². The molecule has 8 nitrogen and oxygen atoms in total. The molecule has 2 fully saturated rings. The highest BCUT2D eigenvalue weighted by molar-refractivity contribution is 5.97. The second-order valence-electron chi connectivity index (χ2n) is 13.3. The average molecular weight is 580 g/mol. The number of aromatic nitrogens is 4.